The lowest BCUT2D eigenvalue weighted by atomic mass is 10.1. The Hall–Kier alpha value is -1.11. The highest BCUT2D eigenvalue weighted by Gasteiger charge is 2.20. The number of halogens is 2. The number of carboxylic acids is 1. The van der Waals surface area contributed by atoms with Crippen LogP contribution in [0.5, 0.6) is 0 Å². The van der Waals surface area contributed by atoms with Gasteiger partial charge in [0.05, 0.1) is 5.02 Å². The predicted molar refractivity (Wildman–Crippen MR) is 79.2 cm³/mol. The Morgan fingerprint density at radius 2 is 2.20 bits per heavy atom. The van der Waals surface area contributed by atoms with Gasteiger partial charge in [-0.3, -0.25) is 4.79 Å². The minimum atomic E-state index is -1.07. The van der Waals surface area contributed by atoms with E-state index in [0.717, 1.165) is 0 Å². The zero-order valence-corrected chi connectivity index (χ0v) is 13.2. The Balaban J connectivity index is 2.69. The molecule has 1 aromatic carbocycles. The average molecular weight is 365 g/mol. The van der Waals surface area contributed by atoms with E-state index in [1.807, 2.05) is 0 Å². The molecule has 0 heterocycles. The molecule has 1 atom stereocenters. The van der Waals surface area contributed by atoms with Crippen molar-refractivity contribution in [2.75, 3.05) is 13.7 Å². The molecule has 0 aliphatic rings. The number of aliphatic carboxylic acids is 1. The van der Waals surface area contributed by atoms with Gasteiger partial charge >= 0.3 is 5.97 Å². The molecule has 0 aliphatic carbocycles. The summed E-state index contributed by atoms with van der Waals surface area (Å²) in [6, 6.07) is 3.72. The molecule has 0 fully saturated rings. The topological polar surface area (TPSA) is 75.6 Å². The molecule has 7 heteroatoms. The average Bonchev–Trinajstić information content (AvgIpc) is 2.40. The molecule has 0 bridgehead atoms. The van der Waals surface area contributed by atoms with Crippen molar-refractivity contribution in [3.05, 3.63) is 33.3 Å². The molecule has 0 aromatic heterocycles. The van der Waals surface area contributed by atoms with Crippen LogP contribution in [0.2, 0.25) is 5.02 Å². The van der Waals surface area contributed by atoms with Crippen LogP contribution in [0.25, 0.3) is 0 Å². The number of hydrogen-bond donors (Lipinski definition) is 2. The van der Waals surface area contributed by atoms with Crippen molar-refractivity contribution in [3.8, 4) is 0 Å². The molecule has 1 rings (SSSR count). The predicted octanol–water partition coefficient (Wildman–Crippen LogP) is 2.71. The second kappa shape index (κ2) is 8.24. The van der Waals surface area contributed by atoms with E-state index >= 15 is 0 Å². The lowest BCUT2D eigenvalue weighted by Gasteiger charge is -2.14. The highest BCUT2D eigenvalue weighted by Crippen LogP contribution is 2.23. The van der Waals surface area contributed by atoms with Gasteiger partial charge in [0.2, 0.25) is 0 Å². The molecule has 20 heavy (non-hydrogen) atoms. The lowest BCUT2D eigenvalue weighted by molar-refractivity contribution is -0.139. The Kier molecular flexibility index (Phi) is 6.98. The van der Waals surface area contributed by atoms with Gasteiger partial charge in [0.25, 0.3) is 5.91 Å². The van der Waals surface area contributed by atoms with Gasteiger partial charge in [0, 0.05) is 23.8 Å². The van der Waals surface area contributed by atoms with Gasteiger partial charge in [-0.2, -0.15) is 0 Å². The van der Waals surface area contributed by atoms with E-state index in [1.54, 1.807) is 19.2 Å². The third-order valence-corrected chi connectivity index (χ3v) is 3.84. The summed E-state index contributed by atoms with van der Waals surface area (Å²) in [6.07, 6.45) is 0.863. The number of ether oxygens (including phenoxy) is 1. The number of carboxylic acid groups (broad SMARTS) is 1. The van der Waals surface area contributed by atoms with Gasteiger partial charge in [0.15, 0.2) is 0 Å². The van der Waals surface area contributed by atoms with Crippen molar-refractivity contribution in [1.29, 1.82) is 0 Å². The summed E-state index contributed by atoms with van der Waals surface area (Å²) in [5.41, 5.74) is 0.347. The van der Waals surface area contributed by atoms with Crippen LogP contribution in [-0.4, -0.2) is 36.7 Å². The molecule has 1 amide bonds. The van der Waals surface area contributed by atoms with Crippen LogP contribution in [0.15, 0.2) is 22.7 Å². The molecular weight excluding hydrogens is 350 g/mol. The molecule has 110 valence electrons. The first-order valence-electron chi connectivity index (χ1n) is 5.93. The van der Waals surface area contributed by atoms with Crippen LogP contribution < -0.4 is 5.32 Å². The summed E-state index contributed by atoms with van der Waals surface area (Å²) >= 11 is 9.06. The van der Waals surface area contributed by atoms with E-state index in [4.69, 9.17) is 21.4 Å². The maximum atomic E-state index is 12.0. The fourth-order valence-corrected chi connectivity index (χ4v) is 2.06. The number of hydrogen-bond acceptors (Lipinski definition) is 3. The summed E-state index contributed by atoms with van der Waals surface area (Å²) in [6.45, 7) is 0.451. The minimum Gasteiger partial charge on any atom is -0.480 e. The highest BCUT2D eigenvalue weighted by molar-refractivity contribution is 9.10. The van der Waals surface area contributed by atoms with Crippen LogP contribution in [-0.2, 0) is 9.53 Å². The highest BCUT2D eigenvalue weighted by atomic mass is 79.9. The molecule has 0 radical (unpaired) electrons. The zero-order valence-electron chi connectivity index (χ0n) is 10.9. The number of carbonyl (C=O) groups excluding carboxylic acids is 1. The summed E-state index contributed by atoms with van der Waals surface area (Å²) < 4.78 is 5.45. The number of amides is 1. The Labute approximate surface area is 130 Å². The molecule has 0 spiro atoms. The van der Waals surface area contributed by atoms with Gasteiger partial charge in [-0.1, -0.05) is 11.6 Å². The Morgan fingerprint density at radius 1 is 1.50 bits per heavy atom. The summed E-state index contributed by atoms with van der Waals surface area (Å²) in [7, 11) is 1.54. The van der Waals surface area contributed by atoms with Gasteiger partial charge in [-0.15, -0.1) is 0 Å². The number of nitrogens with one attached hydrogen (secondary N) is 1. The van der Waals surface area contributed by atoms with Crippen molar-refractivity contribution in [3.63, 3.8) is 0 Å². The van der Waals surface area contributed by atoms with Crippen molar-refractivity contribution in [1.82, 2.24) is 5.32 Å². The smallest absolute Gasteiger partial charge is 0.326 e. The van der Waals surface area contributed by atoms with Crippen LogP contribution in [0, 0.1) is 0 Å². The second-order valence-electron chi connectivity index (χ2n) is 4.13. The third-order valence-electron chi connectivity index (χ3n) is 2.63. The van der Waals surface area contributed by atoms with Gasteiger partial charge in [-0.25, -0.2) is 4.79 Å². The zero-order chi connectivity index (χ0) is 15.1. The number of benzene rings is 1. The first-order valence-corrected chi connectivity index (χ1v) is 7.10. The van der Waals surface area contributed by atoms with Crippen LogP contribution in [0.3, 0.4) is 0 Å². The minimum absolute atomic E-state index is 0.309. The Bertz CT molecular complexity index is 495. The van der Waals surface area contributed by atoms with E-state index in [2.05, 4.69) is 21.2 Å². The summed E-state index contributed by atoms with van der Waals surface area (Å²) in [5.74, 6) is -1.52. The molecule has 1 unspecified atom stereocenters. The SMILES string of the molecule is COCCCC(NC(=O)c1ccc(Cl)c(Br)c1)C(=O)O. The summed E-state index contributed by atoms with van der Waals surface area (Å²) in [5, 5.41) is 12.0. The first kappa shape index (κ1) is 16.9. The summed E-state index contributed by atoms with van der Waals surface area (Å²) in [4.78, 5) is 23.1. The molecule has 5 nitrogen and oxygen atoms in total. The first-order chi connectivity index (χ1) is 9.45. The van der Waals surface area contributed by atoms with Crippen LogP contribution >= 0.6 is 27.5 Å². The molecule has 2 N–H and O–H groups in total. The third kappa shape index (κ3) is 5.11. The van der Waals surface area contributed by atoms with Gasteiger partial charge in [0.1, 0.15) is 6.04 Å². The Morgan fingerprint density at radius 3 is 2.75 bits per heavy atom. The van der Waals surface area contributed by atoms with Crippen molar-refractivity contribution >= 4 is 39.4 Å². The molecule has 0 saturated carbocycles. The van der Waals surface area contributed by atoms with Crippen LogP contribution in [0.1, 0.15) is 23.2 Å². The maximum absolute atomic E-state index is 12.0. The van der Waals surface area contributed by atoms with E-state index in [0.29, 0.717) is 34.5 Å². The standard InChI is InChI=1S/C13H15BrClNO4/c1-20-6-2-3-11(13(18)19)16-12(17)8-4-5-10(15)9(14)7-8/h4-5,7,11H,2-3,6H2,1H3,(H,16,17)(H,18,19). The lowest BCUT2D eigenvalue weighted by Crippen LogP contribution is -2.40. The second-order valence-corrected chi connectivity index (χ2v) is 5.39. The monoisotopic (exact) mass is 363 g/mol. The molecule has 1 aromatic rings. The fourth-order valence-electron chi connectivity index (χ4n) is 1.57. The van der Waals surface area contributed by atoms with Crippen molar-refractivity contribution in [2.45, 2.75) is 18.9 Å². The van der Waals surface area contributed by atoms with Crippen molar-refractivity contribution < 1.29 is 19.4 Å². The maximum Gasteiger partial charge on any atom is 0.326 e. The number of methoxy groups -OCH3 is 1. The molecule has 0 aliphatic heterocycles. The van der Waals surface area contributed by atoms with E-state index in [9.17, 15) is 9.59 Å². The van der Waals surface area contributed by atoms with Gasteiger partial charge < -0.3 is 15.2 Å². The normalized spacial score (nSPS) is 11.9. The fraction of sp³-hybridized carbons (Fsp3) is 0.385. The number of rotatable bonds is 7. The van der Waals surface area contributed by atoms with Gasteiger partial charge in [-0.05, 0) is 47.0 Å². The van der Waals surface area contributed by atoms with Crippen LogP contribution in [0.4, 0.5) is 0 Å². The van der Waals surface area contributed by atoms with E-state index in [-0.39, 0.29) is 0 Å². The van der Waals surface area contributed by atoms with E-state index in [1.165, 1.54) is 6.07 Å². The van der Waals surface area contributed by atoms with E-state index < -0.39 is 17.9 Å². The molecule has 0 saturated heterocycles. The number of carbonyl (C=O) groups is 2. The van der Waals surface area contributed by atoms with Crippen molar-refractivity contribution in [2.24, 2.45) is 0 Å². The quantitative estimate of drug-likeness (QED) is 0.730. The molecular formula is C13H15BrClNO4. The largest absolute Gasteiger partial charge is 0.480 e.